The average molecular weight is 363 g/mol. The summed E-state index contributed by atoms with van der Waals surface area (Å²) in [6, 6.07) is 4.03. The van der Waals surface area contributed by atoms with Gasteiger partial charge in [0.1, 0.15) is 5.15 Å². The quantitative estimate of drug-likeness (QED) is 0.586. The minimum absolute atomic E-state index is 0.584. The molecule has 0 spiro atoms. The highest BCUT2D eigenvalue weighted by molar-refractivity contribution is 14.1. The van der Waals surface area contributed by atoms with Crippen molar-refractivity contribution in [3.05, 3.63) is 31.9 Å². The van der Waals surface area contributed by atoms with E-state index in [2.05, 4.69) is 32.6 Å². The minimum Gasteiger partial charge on any atom is -0.231 e. The largest absolute Gasteiger partial charge is 0.231 e. The summed E-state index contributed by atoms with van der Waals surface area (Å²) in [5, 5.41) is 2.61. The van der Waals surface area contributed by atoms with Gasteiger partial charge in [0.25, 0.3) is 0 Å². The first-order valence-corrected chi connectivity index (χ1v) is 7.36. The number of nitrogens with zero attached hydrogens (tertiary/aromatic N) is 2. The van der Waals surface area contributed by atoms with Crippen LogP contribution in [0.15, 0.2) is 17.5 Å². The van der Waals surface area contributed by atoms with Crippen molar-refractivity contribution < 1.29 is 0 Å². The lowest BCUT2D eigenvalue weighted by Crippen LogP contribution is -1.98. The summed E-state index contributed by atoms with van der Waals surface area (Å²) < 4.78 is 1.02. The lowest BCUT2D eigenvalue weighted by Gasteiger charge is -2.05. The van der Waals surface area contributed by atoms with Gasteiger partial charge in [0.2, 0.25) is 0 Å². The molecule has 2 aromatic rings. The Morgan fingerprint density at radius 3 is 2.81 bits per heavy atom. The standard InChI is InChI=1S/C11H8ClIN2S/c12-10-8(13)9(6-3-4-6)14-11(15-10)7-2-1-5-16-7/h1-2,5-6H,3-4H2. The third kappa shape index (κ3) is 1.98. The molecule has 0 unspecified atom stereocenters. The van der Waals surface area contributed by atoms with E-state index in [1.807, 2.05) is 17.5 Å². The van der Waals surface area contributed by atoms with E-state index < -0.39 is 0 Å². The van der Waals surface area contributed by atoms with E-state index in [-0.39, 0.29) is 0 Å². The van der Waals surface area contributed by atoms with Gasteiger partial charge >= 0.3 is 0 Å². The van der Waals surface area contributed by atoms with Gasteiger partial charge in [0, 0.05) is 5.92 Å². The number of thiophene rings is 1. The molecule has 1 saturated carbocycles. The fraction of sp³-hybridized carbons (Fsp3) is 0.273. The van der Waals surface area contributed by atoms with Crippen LogP contribution in [-0.2, 0) is 0 Å². The van der Waals surface area contributed by atoms with Gasteiger partial charge in [-0.1, -0.05) is 17.7 Å². The molecule has 3 rings (SSSR count). The Balaban J connectivity index is 2.13. The summed E-state index contributed by atoms with van der Waals surface area (Å²) in [6.45, 7) is 0. The third-order valence-electron chi connectivity index (χ3n) is 2.54. The Kier molecular flexibility index (Phi) is 2.89. The molecular formula is C11H8ClIN2S. The van der Waals surface area contributed by atoms with E-state index in [1.54, 1.807) is 11.3 Å². The molecule has 0 atom stereocenters. The molecule has 82 valence electrons. The van der Waals surface area contributed by atoms with Crippen LogP contribution in [0.5, 0.6) is 0 Å². The molecule has 2 aromatic heterocycles. The molecule has 0 bridgehead atoms. The van der Waals surface area contributed by atoms with Gasteiger partial charge in [0.05, 0.1) is 14.1 Å². The van der Waals surface area contributed by atoms with Gasteiger partial charge in [-0.25, -0.2) is 9.97 Å². The van der Waals surface area contributed by atoms with Crippen LogP contribution < -0.4 is 0 Å². The van der Waals surface area contributed by atoms with Crippen molar-refractivity contribution in [3.63, 3.8) is 0 Å². The van der Waals surface area contributed by atoms with Gasteiger partial charge in [-0.15, -0.1) is 11.3 Å². The maximum Gasteiger partial charge on any atom is 0.171 e. The normalized spacial score (nSPS) is 15.4. The van der Waals surface area contributed by atoms with Gasteiger partial charge in [-0.3, -0.25) is 0 Å². The van der Waals surface area contributed by atoms with Gasteiger partial charge in [0.15, 0.2) is 5.82 Å². The maximum atomic E-state index is 6.15. The van der Waals surface area contributed by atoms with E-state index in [0.717, 1.165) is 20.0 Å². The zero-order chi connectivity index (χ0) is 11.1. The SMILES string of the molecule is Clc1nc(-c2cccs2)nc(C2CC2)c1I. The summed E-state index contributed by atoms with van der Waals surface area (Å²) in [7, 11) is 0. The molecule has 5 heteroatoms. The molecule has 0 radical (unpaired) electrons. The van der Waals surface area contributed by atoms with Crippen molar-refractivity contribution in [1.29, 1.82) is 0 Å². The highest BCUT2D eigenvalue weighted by Gasteiger charge is 2.29. The van der Waals surface area contributed by atoms with E-state index in [9.17, 15) is 0 Å². The van der Waals surface area contributed by atoms with Crippen molar-refractivity contribution in [2.24, 2.45) is 0 Å². The van der Waals surface area contributed by atoms with Crippen LogP contribution in [0.1, 0.15) is 24.5 Å². The fourth-order valence-electron chi connectivity index (χ4n) is 1.58. The van der Waals surface area contributed by atoms with Crippen LogP contribution in [-0.4, -0.2) is 9.97 Å². The maximum absolute atomic E-state index is 6.15. The predicted molar refractivity (Wildman–Crippen MR) is 75.0 cm³/mol. The fourth-order valence-corrected chi connectivity index (χ4v) is 3.10. The summed E-state index contributed by atoms with van der Waals surface area (Å²) >= 11 is 10.0. The highest BCUT2D eigenvalue weighted by Crippen LogP contribution is 2.42. The van der Waals surface area contributed by atoms with Crippen molar-refractivity contribution in [1.82, 2.24) is 9.97 Å². The molecule has 0 amide bonds. The second kappa shape index (κ2) is 4.23. The van der Waals surface area contributed by atoms with Crippen molar-refractivity contribution in [3.8, 4) is 10.7 Å². The third-order valence-corrected chi connectivity index (χ3v) is 5.06. The first-order chi connectivity index (χ1) is 7.75. The van der Waals surface area contributed by atoms with Crippen LogP contribution in [0, 0.1) is 3.57 Å². The molecule has 2 nitrogen and oxygen atoms in total. The summed E-state index contributed by atoms with van der Waals surface area (Å²) in [5.74, 6) is 1.37. The molecule has 1 aliphatic carbocycles. The molecule has 0 N–H and O–H groups in total. The molecule has 16 heavy (non-hydrogen) atoms. The zero-order valence-electron chi connectivity index (χ0n) is 8.28. The van der Waals surface area contributed by atoms with E-state index in [0.29, 0.717) is 11.1 Å². The molecule has 1 fully saturated rings. The van der Waals surface area contributed by atoms with Gasteiger partial charge < -0.3 is 0 Å². The molecule has 1 aliphatic rings. The van der Waals surface area contributed by atoms with Gasteiger partial charge in [-0.05, 0) is 46.9 Å². The summed E-state index contributed by atoms with van der Waals surface area (Å²) in [5.41, 5.74) is 1.13. The Labute approximate surface area is 116 Å². The first-order valence-electron chi connectivity index (χ1n) is 5.02. The van der Waals surface area contributed by atoms with Crippen LogP contribution in [0.4, 0.5) is 0 Å². The first kappa shape index (κ1) is 10.9. The Morgan fingerprint density at radius 2 is 2.19 bits per heavy atom. The van der Waals surface area contributed by atoms with Crippen molar-refractivity contribution in [2.75, 3.05) is 0 Å². The lowest BCUT2D eigenvalue weighted by atomic mass is 10.3. The van der Waals surface area contributed by atoms with E-state index in [4.69, 9.17) is 11.6 Å². The van der Waals surface area contributed by atoms with Crippen molar-refractivity contribution in [2.45, 2.75) is 18.8 Å². The predicted octanol–water partition coefficient (Wildman–Crippen LogP) is 4.34. The number of halogens is 2. The Hall–Kier alpha value is -0.200. The molecule has 2 heterocycles. The monoisotopic (exact) mass is 362 g/mol. The smallest absolute Gasteiger partial charge is 0.171 e. The summed E-state index contributed by atoms with van der Waals surface area (Å²) in [6.07, 6.45) is 2.46. The Morgan fingerprint density at radius 1 is 1.38 bits per heavy atom. The number of hydrogen-bond donors (Lipinski definition) is 0. The zero-order valence-corrected chi connectivity index (χ0v) is 12.0. The Bertz CT molecular complexity index is 523. The van der Waals surface area contributed by atoms with Crippen molar-refractivity contribution >= 4 is 45.5 Å². The second-order valence-electron chi connectivity index (χ2n) is 3.79. The topological polar surface area (TPSA) is 25.8 Å². The number of rotatable bonds is 2. The van der Waals surface area contributed by atoms with Crippen LogP contribution in [0.25, 0.3) is 10.7 Å². The van der Waals surface area contributed by atoms with Crippen LogP contribution in [0.2, 0.25) is 5.15 Å². The second-order valence-corrected chi connectivity index (χ2v) is 6.17. The lowest BCUT2D eigenvalue weighted by molar-refractivity contribution is 0.980. The van der Waals surface area contributed by atoms with E-state index >= 15 is 0 Å². The number of hydrogen-bond acceptors (Lipinski definition) is 3. The molecule has 0 saturated heterocycles. The van der Waals surface area contributed by atoms with Crippen LogP contribution in [0.3, 0.4) is 0 Å². The average Bonchev–Trinajstić information content (AvgIpc) is 2.96. The molecule has 0 aliphatic heterocycles. The van der Waals surface area contributed by atoms with Crippen LogP contribution >= 0.6 is 45.5 Å². The van der Waals surface area contributed by atoms with E-state index in [1.165, 1.54) is 12.8 Å². The minimum atomic E-state index is 0.584. The number of aromatic nitrogens is 2. The highest BCUT2D eigenvalue weighted by atomic mass is 127. The molecular weight excluding hydrogens is 355 g/mol. The molecule has 0 aromatic carbocycles. The summed E-state index contributed by atoms with van der Waals surface area (Å²) in [4.78, 5) is 10.1. The van der Waals surface area contributed by atoms with Gasteiger partial charge in [-0.2, -0.15) is 0 Å².